The number of likely N-dealkylation sites (N-methyl/N-ethyl adjacent to an activating group) is 1. The molecule has 0 bridgehead atoms. The average molecular weight is 563 g/mol. The fourth-order valence-electron chi connectivity index (χ4n) is 5.83. The standard InChI is InChI=1S/C32H42N4O5/c1-3-35(32(41)23-13-8-5-9-14-23)21-28(37)27(17-22-11-6-4-7-12-22)34-31(40)25-18-24(30(39)33-2)19-26(20-25)36-16-10-15-29(36)38/h4,6-7,11-12,18-20,23,27-28,37H,3,5,8-10,13-17,21H2,1-2H3,(H,33,39)(H,34,40)/t27-,28+/m0/s1. The van der Waals surface area contributed by atoms with Crippen LogP contribution in [0.1, 0.15) is 78.1 Å². The summed E-state index contributed by atoms with van der Waals surface area (Å²) >= 11 is 0. The summed E-state index contributed by atoms with van der Waals surface area (Å²) in [5.41, 5.74) is 1.91. The van der Waals surface area contributed by atoms with Crippen LogP contribution in [0.2, 0.25) is 0 Å². The summed E-state index contributed by atoms with van der Waals surface area (Å²) in [6.07, 6.45) is 5.46. The van der Waals surface area contributed by atoms with Crippen molar-refractivity contribution >= 4 is 29.3 Å². The molecule has 4 amide bonds. The molecule has 0 unspecified atom stereocenters. The molecule has 0 radical (unpaired) electrons. The molecule has 0 aromatic heterocycles. The van der Waals surface area contributed by atoms with Crippen LogP contribution in [0, 0.1) is 5.92 Å². The summed E-state index contributed by atoms with van der Waals surface area (Å²) in [7, 11) is 1.51. The van der Waals surface area contributed by atoms with E-state index >= 15 is 0 Å². The van der Waals surface area contributed by atoms with Crippen molar-refractivity contribution in [1.82, 2.24) is 15.5 Å². The molecule has 1 aliphatic heterocycles. The number of amides is 4. The van der Waals surface area contributed by atoms with Gasteiger partial charge in [0.05, 0.1) is 12.1 Å². The normalized spacial score (nSPS) is 17.1. The molecule has 220 valence electrons. The van der Waals surface area contributed by atoms with Crippen LogP contribution in [-0.2, 0) is 16.0 Å². The van der Waals surface area contributed by atoms with Crippen molar-refractivity contribution in [3.8, 4) is 0 Å². The van der Waals surface area contributed by atoms with Gasteiger partial charge in [-0.25, -0.2) is 0 Å². The van der Waals surface area contributed by atoms with Crippen LogP contribution in [0.15, 0.2) is 48.5 Å². The quantitative estimate of drug-likeness (QED) is 0.388. The largest absolute Gasteiger partial charge is 0.389 e. The Morgan fingerprint density at radius 3 is 2.29 bits per heavy atom. The van der Waals surface area contributed by atoms with Crippen LogP contribution in [0.5, 0.6) is 0 Å². The minimum absolute atomic E-state index is 0.0164. The Morgan fingerprint density at radius 1 is 1.00 bits per heavy atom. The third-order valence-electron chi connectivity index (χ3n) is 8.19. The molecule has 4 rings (SSSR count). The predicted molar refractivity (Wildman–Crippen MR) is 158 cm³/mol. The lowest BCUT2D eigenvalue weighted by Gasteiger charge is -2.33. The van der Waals surface area contributed by atoms with Crippen molar-refractivity contribution in [2.75, 3.05) is 31.6 Å². The first-order valence-electron chi connectivity index (χ1n) is 14.8. The molecule has 2 aromatic carbocycles. The van der Waals surface area contributed by atoms with E-state index < -0.39 is 18.1 Å². The van der Waals surface area contributed by atoms with Crippen LogP contribution < -0.4 is 15.5 Å². The van der Waals surface area contributed by atoms with E-state index in [1.165, 1.54) is 13.1 Å². The van der Waals surface area contributed by atoms with E-state index in [2.05, 4.69) is 10.6 Å². The van der Waals surface area contributed by atoms with Gasteiger partial charge in [0, 0.05) is 55.8 Å². The molecule has 41 heavy (non-hydrogen) atoms. The van der Waals surface area contributed by atoms with Gasteiger partial charge in [-0.1, -0.05) is 49.6 Å². The number of nitrogens with one attached hydrogen (secondary N) is 2. The number of nitrogens with zero attached hydrogens (tertiary/aromatic N) is 2. The van der Waals surface area contributed by atoms with E-state index in [-0.39, 0.29) is 41.3 Å². The monoisotopic (exact) mass is 562 g/mol. The van der Waals surface area contributed by atoms with Gasteiger partial charge >= 0.3 is 0 Å². The third-order valence-corrected chi connectivity index (χ3v) is 8.19. The molecule has 2 fully saturated rings. The summed E-state index contributed by atoms with van der Waals surface area (Å²) in [5, 5.41) is 17.0. The molecule has 1 heterocycles. The number of carbonyl (C=O) groups is 4. The lowest BCUT2D eigenvalue weighted by Crippen LogP contribution is -2.51. The minimum Gasteiger partial charge on any atom is -0.389 e. The second-order valence-electron chi connectivity index (χ2n) is 11.0. The Bertz CT molecular complexity index is 1230. The fraction of sp³-hybridized carbons (Fsp3) is 0.500. The van der Waals surface area contributed by atoms with Crippen LogP contribution in [0.25, 0.3) is 0 Å². The first-order chi connectivity index (χ1) is 19.8. The summed E-state index contributed by atoms with van der Waals surface area (Å²) < 4.78 is 0. The van der Waals surface area contributed by atoms with Gasteiger partial charge in [-0.15, -0.1) is 0 Å². The zero-order chi connectivity index (χ0) is 29.4. The Balaban J connectivity index is 1.58. The zero-order valence-corrected chi connectivity index (χ0v) is 24.1. The number of aliphatic hydroxyl groups excluding tert-OH is 1. The molecule has 3 N–H and O–H groups in total. The van der Waals surface area contributed by atoms with Gasteiger partial charge in [-0.3, -0.25) is 19.2 Å². The number of hydrogen-bond acceptors (Lipinski definition) is 5. The molecule has 2 aromatic rings. The lowest BCUT2D eigenvalue weighted by molar-refractivity contribution is -0.138. The van der Waals surface area contributed by atoms with E-state index in [4.69, 9.17) is 0 Å². The Labute approximate surface area is 242 Å². The van der Waals surface area contributed by atoms with Gasteiger partial charge < -0.3 is 25.5 Å². The van der Waals surface area contributed by atoms with Crippen molar-refractivity contribution in [2.24, 2.45) is 5.92 Å². The Morgan fingerprint density at radius 2 is 1.68 bits per heavy atom. The summed E-state index contributed by atoms with van der Waals surface area (Å²) in [6.45, 7) is 3.01. The highest BCUT2D eigenvalue weighted by molar-refractivity contribution is 6.03. The molecule has 1 saturated heterocycles. The molecule has 9 nitrogen and oxygen atoms in total. The Kier molecular flexibility index (Phi) is 10.5. The number of benzene rings is 2. The maximum Gasteiger partial charge on any atom is 0.251 e. The third kappa shape index (κ3) is 7.73. The number of carbonyl (C=O) groups excluding carboxylic acids is 4. The topological polar surface area (TPSA) is 119 Å². The van der Waals surface area contributed by atoms with Gasteiger partial charge in [0.1, 0.15) is 0 Å². The first kappa shape index (κ1) is 30.2. The van der Waals surface area contributed by atoms with Crippen molar-refractivity contribution in [1.29, 1.82) is 0 Å². The second-order valence-corrected chi connectivity index (χ2v) is 11.0. The maximum absolute atomic E-state index is 13.7. The summed E-state index contributed by atoms with van der Waals surface area (Å²) in [4.78, 5) is 55.2. The molecule has 1 saturated carbocycles. The number of hydrogen-bond donors (Lipinski definition) is 3. The molecule has 1 aliphatic carbocycles. The summed E-state index contributed by atoms with van der Waals surface area (Å²) in [5.74, 6) is -0.838. The van der Waals surface area contributed by atoms with Gasteiger partial charge in [0.25, 0.3) is 11.8 Å². The number of aliphatic hydroxyl groups is 1. The van der Waals surface area contributed by atoms with Gasteiger partial charge in [0.2, 0.25) is 11.8 Å². The maximum atomic E-state index is 13.7. The van der Waals surface area contributed by atoms with Crippen molar-refractivity contribution in [3.05, 3.63) is 65.2 Å². The SMILES string of the molecule is CCN(C[C@@H](O)[C@H](Cc1ccccc1)NC(=O)c1cc(C(=O)NC)cc(N2CCCC2=O)c1)C(=O)C1CCCCC1. The van der Waals surface area contributed by atoms with Crippen molar-refractivity contribution in [2.45, 2.75) is 70.4 Å². The van der Waals surface area contributed by atoms with Gasteiger partial charge in [0.15, 0.2) is 0 Å². The van der Waals surface area contributed by atoms with E-state index in [9.17, 15) is 24.3 Å². The fourth-order valence-corrected chi connectivity index (χ4v) is 5.83. The smallest absolute Gasteiger partial charge is 0.251 e. The number of anilines is 1. The summed E-state index contributed by atoms with van der Waals surface area (Å²) in [6, 6.07) is 13.6. The highest BCUT2D eigenvalue weighted by Crippen LogP contribution is 2.27. The second kappa shape index (κ2) is 14.3. The number of rotatable bonds is 11. The van der Waals surface area contributed by atoms with Crippen LogP contribution in [0.3, 0.4) is 0 Å². The van der Waals surface area contributed by atoms with E-state index in [0.29, 0.717) is 38.0 Å². The van der Waals surface area contributed by atoms with Gasteiger partial charge in [-0.2, -0.15) is 0 Å². The molecular weight excluding hydrogens is 520 g/mol. The molecular formula is C32H42N4O5. The van der Waals surface area contributed by atoms with Crippen molar-refractivity contribution in [3.63, 3.8) is 0 Å². The average Bonchev–Trinajstić information content (AvgIpc) is 3.45. The van der Waals surface area contributed by atoms with E-state index in [0.717, 1.165) is 37.7 Å². The van der Waals surface area contributed by atoms with E-state index in [1.807, 2.05) is 37.3 Å². The lowest BCUT2D eigenvalue weighted by atomic mass is 9.88. The first-order valence-corrected chi connectivity index (χ1v) is 14.8. The molecule has 2 atom stereocenters. The van der Waals surface area contributed by atoms with E-state index in [1.54, 1.807) is 21.9 Å². The molecule has 9 heteroatoms. The van der Waals surface area contributed by atoms with Crippen LogP contribution in [0.4, 0.5) is 5.69 Å². The highest BCUT2D eigenvalue weighted by atomic mass is 16.3. The Hall–Kier alpha value is -3.72. The van der Waals surface area contributed by atoms with Gasteiger partial charge in [-0.05, 0) is 56.4 Å². The van der Waals surface area contributed by atoms with Crippen molar-refractivity contribution < 1.29 is 24.3 Å². The highest BCUT2D eigenvalue weighted by Gasteiger charge is 2.30. The van der Waals surface area contributed by atoms with Crippen LogP contribution >= 0.6 is 0 Å². The van der Waals surface area contributed by atoms with Crippen LogP contribution in [-0.4, -0.2) is 72.5 Å². The minimum atomic E-state index is -1.02. The molecule has 2 aliphatic rings. The predicted octanol–water partition coefficient (Wildman–Crippen LogP) is 3.30. The zero-order valence-electron chi connectivity index (χ0n) is 24.1. The molecule has 0 spiro atoms.